The third kappa shape index (κ3) is 6.79. The Morgan fingerprint density at radius 1 is 1.07 bits per heavy atom. The Labute approximate surface area is 161 Å². The van der Waals surface area contributed by atoms with E-state index in [4.69, 9.17) is 25.8 Å². The van der Waals surface area contributed by atoms with Crippen molar-refractivity contribution in [1.82, 2.24) is 5.32 Å². The average molecular weight is 396 g/mol. The maximum Gasteiger partial charge on any atom is 0.341 e. The molecule has 0 saturated carbocycles. The van der Waals surface area contributed by atoms with Crippen molar-refractivity contribution in [2.24, 2.45) is 0 Å². The van der Waals surface area contributed by atoms with Gasteiger partial charge in [0.15, 0.2) is 6.61 Å². The number of carbonyl (C=O) groups excluding carboxylic acids is 2. The van der Waals surface area contributed by atoms with Crippen LogP contribution in [0.15, 0.2) is 42.5 Å². The Kier molecular flexibility index (Phi) is 7.88. The third-order valence-corrected chi connectivity index (χ3v) is 3.55. The number of hydrogen-bond acceptors (Lipinski definition) is 5. The van der Waals surface area contributed by atoms with Gasteiger partial charge in [0.25, 0.3) is 5.91 Å². The predicted octanol–water partition coefficient (Wildman–Crippen LogP) is 3.23. The third-order valence-electron chi connectivity index (χ3n) is 3.31. The van der Waals surface area contributed by atoms with Crippen LogP contribution < -0.4 is 14.8 Å². The number of amides is 1. The van der Waals surface area contributed by atoms with Gasteiger partial charge in [0.2, 0.25) is 0 Å². The molecule has 0 bridgehead atoms. The summed E-state index contributed by atoms with van der Waals surface area (Å²) in [5.41, 5.74) is -0.286. The van der Waals surface area contributed by atoms with E-state index in [1.165, 1.54) is 12.1 Å². The Morgan fingerprint density at radius 2 is 1.74 bits per heavy atom. The average Bonchev–Trinajstić information content (AvgIpc) is 2.65. The number of rotatable bonds is 9. The number of benzene rings is 2. The molecule has 0 aliphatic carbocycles. The fourth-order valence-electron chi connectivity index (χ4n) is 2.07. The molecule has 0 aliphatic rings. The van der Waals surface area contributed by atoms with Crippen molar-refractivity contribution >= 4 is 23.5 Å². The van der Waals surface area contributed by atoms with Gasteiger partial charge in [-0.1, -0.05) is 11.6 Å². The Morgan fingerprint density at radius 3 is 2.37 bits per heavy atom. The van der Waals surface area contributed by atoms with E-state index in [1.807, 2.05) is 6.92 Å². The molecule has 144 valence electrons. The van der Waals surface area contributed by atoms with Crippen molar-refractivity contribution < 1.29 is 28.2 Å². The molecule has 2 aromatic carbocycles. The molecule has 0 atom stereocenters. The van der Waals surface area contributed by atoms with Gasteiger partial charge >= 0.3 is 5.97 Å². The first-order chi connectivity index (χ1) is 13.0. The first-order valence-corrected chi connectivity index (χ1v) is 8.62. The minimum Gasteiger partial charge on any atom is -0.494 e. The molecule has 2 rings (SSSR count). The number of nitrogens with one attached hydrogen (secondary N) is 1. The molecule has 1 amide bonds. The second-order valence-corrected chi connectivity index (χ2v) is 5.74. The number of esters is 1. The molecule has 2 aromatic rings. The van der Waals surface area contributed by atoms with Gasteiger partial charge in [0.05, 0.1) is 18.7 Å². The molecule has 0 heterocycles. The minimum atomic E-state index is -0.940. The van der Waals surface area contributed by atoms with E-state index in [-0.39, 0.29) is 23.7 Å². The van der Waals surface area contributed by atoms with Crippen LogP contribution in [0.1, 0.15) is 17.3 Å². The van der Waals surface area contributed by atoms with E-state index in [0.29, 0.717) is 12.4 Å². The van der Waals surface area contributed by atoms with E-state index in [0.717, 1.165) is 11.8 Å². The van der Waals surface area contributed by atoms with E-state index in [9.17, 15) is 14.0 Å². The summed E-state index contributed by atoms with van der Waals surface area (Å²) in [6.07, 6.45) is 0. The molecule has 6 nitrogen and oxygen atoms in total. The minimum absolute atomic E-state index is 0.161. The zero-order valence-corrected chi connectivity index (χ0v) is 15.4. The van der Waals surface area contributed by atoms with Gasteiger partial charge in [-0.05, 0) is 49.4 Å². The van der Waals surface area contributed by atoms with Gasteiger partial charge in [0.1, 0.15) is 23.9 Å². The predicted molar refractivity (Wildman–Crippen MR) is 97.8 cm³/mol. The molecule has 0 spiro atoms. The van der Waals surface area contributed by atoms with Crippen LogP contribution in [0.25, 0.3) is 0 Å². The molecule has 27 heavy (non-hydrogen) atoms. The second kappa shape index (κ2) is 10.4. The normalized spacial score (nSPS) is 10.2. The van der Waals surface area contributed by atoms with Crippen molar-refractivity contribution in [1.29, 1.82) is 0 Å². The van der Waals surface area contributed by atoms with E-state index in [2.05, 4.69) is 5.32 Å². The molecule has 1 N–H and O–H groups in total. The first-order valence-electron chi connectivity index (χ1n) is 8.24. The lowest BCUT2D eigenvalue weighted by atomic mass is 10.2. The van der Waals surface area contributed by atoms with Gasteiger partial charge in [-0.2, -0.15) is 0 Å². The first kappa shape index (κ1) is 20.5. The fraction of sp³-hybridized carbons (Fsp3) is 0.263. The highest BCUT2D eigenvalue weighted by molar-refractivity contribution is 6.30. The summed E-state index contributed by atoms with van der Waals surface area (Å²) in [6.45, 7) is 2.42. The molecule has 0 saturated heterocycles. The zero-order chi connectivity index (χ0) is 19.6. The Hall–Kier alpha value is -2.80. The Balaban J connectivity index is 1.66. The Bertz CT molecular complexity index is 782. The standard InChI is InChI=1S/C19H19ClFNO5/c1-2-25-14-4-6-15(7-5-14)26-10-9-22-18(23)12-27-19(24)16-8-3-13(20)11-17(16)21/h3-8,11H,2,9-10,12H2,1H3,(H,22,23). The summed E-state index contributed by atoms with van der Waals surface area (Å²) < 4.78 is 29.2. The summed E-state index contributed by atoms with van der Waals surface area (Å²) in [6, 6.07) is 10.6. The van der Waals surface area contributed by atoms with Crippen molar-refractivity contribution in [3.63, 3.8) is 0 Å². The van der Waals surface area contributed by atoms with Crippen LogP contribution in [0.2, 0.25) is 5.02 Å². The molecule has 8 heteroatoms. The van der Waals surface area contributed by atoms with E-state index >= 15 is 0 Å². The van der Waals surface area contributed by atoms with Crippen molar-refractivity contribution in [2.75, 3.05) is 26.4 Å². The summed E-state index contributed by atoms with van der Waals surface area (Å²) in [5, 5.41) is 2.70. The SMILES string of the molecule is CCOc1ccc(OCCNC(=O)COC(=O)c2ccc(Cl)cc2F)cc1. The van der Waals surface area contributed by atoms with Gasteiger partial charge in [0, 0.05) is 5.02 Å². The highest BCUT2D eigenvalue weighted by Gasteiger charge is 2.15. The quantitative estimate of drug-likeness (QED) is 0.521. The molecule has 0 unspecified atom stereocenters. The van der Waals surface area contributed by atoms with Crippen LogP contribution in [0, 0.1) is 5.82 Å². The molecular weight excluding hydrogens is 377 g/mol. The number of hydrogen-bond donors (Lipinski definition) is 1. The lowest BCUT2D eigenvalue weighted by molar-refractivity contribution is -0.124. The molecular formula is C19H19ClFNO5. The van der Waals surface area contributed by atoms with Crippen LogP contribution in [-0.2, 0) is 9.53 Å². The van der Waals surface area contributed by atoms with Crippen LogP contribution >= 0.6 is 11.6 Å². The lowest BCUT2D eigenvalue weighted by Crippen LogP contribution is -2.32. The second-order valence-electron chi connectivity index (χ2n) is 5.30. The van der Waals surface area contributed by atoms with Gasteiger partial charge in [-0.15, -0.1) is 0 Å². The van der Waals surface area contributed by atoms with Crippen LogP contribution in [-0.4, -0.2) is 38.2 Å². The van der Waals surface area contributed by atoms with E-state index in [1.54, 1.807) is 24.3 Å². The lowest BCUT2D eigenvalue weighted by Gasteiger charge is -2.09. The van der Waals surface area contributed by atoms with Crippen LogP contribution in [0.4, 0.5) is 4.39 Å². The largest absolute Gasteiger partial charge is 0.494 e. The van der Waals surface area contributed by atoms with E-state index < -0.39 is 24.3 Å². The number of halogens is 2. The summed E-state index contributed by atoms with van der Waals surface area (Å²) in [4.78, 5) is 23.4. The van der Waals surface area contributed by atoms with Gasteiger partial charge in [-0.3, -0.25) is 4.79 Å². The fourth-order valence-corrected chi connectivity index (χ4v) is 2.23. The highest BCUT2D eigenvalue weighted by Crippen LogP contribution is 2.17. The highest BCUT2D eigenvalue weighted by atomic mass is 35.5. The molecule has 0 radical (unpaired) electrons. The summed E-state index contributed by atoms with van der Waals surface area (Å²) in [7, 11) is 0. The number of carbonyl (C=O) groups is 2. The smallest absolute Gasteiger partial charge is 0.341 e. The maximum atomic E-state index is 13.6. The van der Waals surface area contributed by atoms with Crippen LogP contribution in [0.5, 0.6) is 11.5 Å². The number of ether oxygens (including phenoxy) is 3. The summed E-state index contributed by atoms with van der Waals surface area (Å²) in [5.74, 6) is -0.885. The molecule has 0 aromatic heterocycles. The summed E-state index contributed by atoms with van der Waals surface area (Å²) >= 11 is 5.61. The van der Waals surface area contributed by atoms with Crippen molar-refractivity contribution in [3.8, 4) is 11.5 Å². The topological polar surface area (TPSA) is 73.9 Å². The van der Waals surface area contributed by atoms with Crippen molar-refractivity contribution in [2.45, 2.75) is 6.92 Å². The van der Waals surface area contributed by atoms with Crippen molar-refractivity contribution in [3.05, 3.63) is 58.9 Å². The zero-order valence-electron chi connectivity index (χ0n) is 14.7. The van der Waals surface area contributed by atoms with Crippen LogP contribution in [0.3, 0.4) is 0 Å². The van der Waals surface area contributed by atoms with Gasteiger partial charge in [-0.25, -0.2) is 9.18 Å². The molecule has 0 fully saturated rings. The van der Waals surface area contributed by atoms with Gasteiger partial charge < -0.3 is 19.5 Å². The monoisotopic (exact) mass is 395 g/mol. The maximum absolute atomic E-state index is 13.6. The molecule has 0 aliphatic heterocycles.